The van der Waals surface area contributed by atoms with Gasteiger partial charge in [-0.25, -0.2) is 4.98 Å². The molecule has 0 radical (unpaired) electrons. The second kappa shape index (κ2) is 7.76. The van der Waals surface area contributed by atoms with Gasteiger partial charge in [-0.1, -0.05) is 6.07 Å². The minimum absolute atomic E-state index is 0.0480. The van der Waals surface area contributed by atoms with E-state index in [4.69, 9.17) is 0 Å². The van der Waals surface area contributed by atoms with Gasteiger partial charge in [-0.3, -0.25) is 9.59 Å². The van der Waals surface area contributed by atoms with Crippen molar-refractivity contribution in [3.05, 3.63) is 81.8 Å². The number of nitrogens with one attached hydrogen (secondary N) is 3. The number of amides is 2. The van der Waals surface area contributed by atoms with Crippen LogP contribution in [0.1, 0.15) is 50.0 Å². The van der Waals surface area contributed by atoms with Crippen molar-refractivity contribution in [2.45, 2.75) is 25.3 Å². The van der Waals surface area contributed by atoms with Gasteiger partial charge in [0, 0.05) is 21.7 Å². The Bertz CT molecular complexity index is 1240. The number of hydrogen-bond donors (Lipinski definition) is 3. The van der Waals surface area contributed by atoms with E-state index in [1.54, 1.807) is 60.1 Å². The topological polar surface area (TPSA) is 86.9 Å². The second-order valence-corrected chi connectivity index (χ2v) is 8.39. The molecule has 0 saturated carbocycles. The molecule has 0 fully saturated rings. The van der Waals surface area contributed by atoms with Crippen LogP contribution in [0.3, 0.4) is 0 Å². The van der Waals surface area contributed by atoms with Crippen LogP contribution in [-0.2, 0) is 6.42 Å². The lowest BCUT2D eigenvalue weighted by Crippen LogP contribution is -2.30. The Labute approximate surface area is 177 Å². The first kappa shape index (κ1) is 18.6. The number of aromatic amines is 1. The maximum absolute atomic E-state index is 12.8. The van der Waals surface area contributed by atoms with Crippen molar-refractivity contribution in [2.75, 3.05) is 5.32 Å². The molecule has 5 rings (SSSR count). The largest absolute Gasteiger partial charge is 0.345 e. The summed E-state index contributed by atoms with van der Waals surface area (Å²) in [5.41, 5.74) is 4.47. The molecule has 2 heterocycles. The lowest BCUT2D eigenvalue weighted by Gasteiger charge is -2.23. The molecule has 2 amide bonds. The van der Waals surface area contributed by atoms with E-state index in [0.29, 0.717) is 16.8 Å². The fourth-order valence-corrected chi connectivity index (χ4v) is 4.88. The number of anilines is 1. The number of benzene rings is 2. The lowest BCUT2D eigenvalue weighted by molar-refractivity contribution is 0.0932. The number of H-pyrrole nitrogens is 1. The number of imidazole rings is 1. The average Bonchev–Trinajstić information content (AvgIpc) is 3.43. The van der Waals surface area contributed by atoms with E-state index in [-0.39, 0.29) is 17.9 Å². The van der Waals surface area contributed by atoms with Gasteiger partial charge in [-0.2, -0.15) is 0 Å². The van der Waals surface area contributed by atoms with Gasteiger partial charge in [0.1, 0.15) is 0 Å². The van der Waals surface area contributed by atoms with E-state index in [9.17, 15) is 9.59 Å². The smallest absolute Gasteiger partial charge is 0.255 e. The number of nitrogens with zero attached hydrogens (tertiary/aromatic N) is 1. The van der Waals surface area contributed by atoms with Gasteiger partial charge in [0.05, 0.1) is 23.4 Å². The monoisotopic (exact) mass is 416 g/mol. The first-order chi connectivity index (χ1) is 14.7. The maximum Gasteiger partial charge on any atom is 0.255 e. The molecule has 2 aromatic heterocycles. The third-order valence-electron chi connectivity index (χ3n) is 5.42. The van der Waals surface area contributed by atoms with Crippen LogP contribution < -0.4 is 10.6 Å². The van der Waals surface area contributed by atoms with E-state index in [1.165, 1.54) is 10.4 Å². The summed E-state index contributed by atoms with van der Waals surface area (Å²) in [7, 11) is 0. The van der Waals surface area contributed by atoms with Crippen molar-refractivity contribution in [1.29, 1.82) is 0 Å². The van der Waals surface area contributed by atoms with Crippen LogP contribution in [0.2, 0.25) is 0 Å². The van der Waals surface area contributed by atoms with E-state index >= 15 is 0 Å². The summed E-state index contributed by atoms with van der Waals surface area (Å²) in [6.07, 6.45) is 4.71. The molecule has 1 atom stereocenters. The second-order valence-electron chi connectivity index (χ2n) is 7.39. The molecular weight excluding hydrogens is 396 g/mol. The molecule has 150 valence electrons. The minimum atomic E-state index is -0.237. The Morgan fingerprint density at radius 3 is 2.90 bits per heavy atom. The normalized spacial score (nSPS) is 15.5. The van der Waals surface area contributed by atoms with Crippen LogP contribution in [0.15, 0.2) is 60.2 Å². The molecule has 1 unspecified atom stereocenters. The summed E-state index contributed by atoms with van der Waals surface area (Å²) in [4.78, 5) is 34.0. The summed E-state index contributed by atoms with van der Waals surface area (Å²) < 4.78 is 0. The third-order valence-corrected chi connectivity index (χ3v) is 6.42. The number of fused-ring (bicyclic) bond motifs is 2. The molecule has 0 bridgehead atoms. The highest BCUT2D eigenvalue weighted by Crippen LogP contribution is 2.33. The lowest BCUT2D eigenvalue weighted by atomic mass is 9.94. The molecule has 0 aliphatic heterocycles. The van der Waals surface area contributed by atoms with Crippen molar-refractivity contribution in [3.63, 3.8) is 0 Å². The van der Waals surface area contributed by atoms with E-state index < -0.39 is 0 Å². The molecule has 0 spiro atoms. The van der Waals surface area contributed by atoms with Gasteiger partial charge in [0.25, 0.3) is 11.8 Å². The van der Waals surface area contributed by atoms with Crippen LogP contribution in [0.4, 0.5) is 5.69 Å². The summed E-state index contributed by atoms with van der Waals surface area (Å²) in [5.74, 6) is -0.367. The fraction of sp³-hybridized carbons (Fsp3) is 0.174. The quantitative estimate of drug-likeness (QED) is 0.451. The molecule has 30 heavy (non-hydrogen) atoms. The zero-order chi connectivity index (χ0) is 20.5. The SMILES string of the molecule is O=C(Nc1cccc(C(=O)NC2CCCc3sccc32)c1)c1ccc2nc[nH]c2c1. The molecule has 7 heteroatoms. The van der Waals surface area contributed by atoms with Crippen LogP contribution in [0.5, 0.6) is 0 Å². The molecule has 1 aliphatic carbocycles. The number of aromatic nitrogens is 2. The zero-order valence-electron chi connectivity index (χ0n) is 16.1. The predicted octanol–water partition coefficient (Wildman–Crippen LogP) is 4.68. The number of thiophene rings is 1. The van der Waals surface area contributed by atoms with Gasteiger partial charge < -0.3 is 15.6 Å². The van der Waals surface area contributed by atoms with Crippen molar-refractivity contribution < 1.29 is 9.59 Å². The fourth-order valence-electron chi connectivity index (χ4n) is 3.90. The van der Waals surface area contributed by atoms with Crippen LogP contribution in [-0.4, -0.2) is 21.8 Å². The zero-order valence-corrected chi connectivity index (χ0v) is 17.0. The summed E-state index contributed by atoms with van der Waals surface area (Å²) >= 11 is 1.76. The van der Waals surface area contributed by atoms with Crippen molar-refractivity contribution in [3.8, 4) is 0 Å². The number of hydrogen-bond acceptors (Lipinski definition) is 4. The third kappa shape index (κ3) is 3.59. The summed E-state index contributed by atoms with van der Waals surface area (Å²) in [5, 5.41) is 8.11. The van der Waals surface area contributed by atoms with E-state index in [0.717, 1.165) is 30.3 Å². The molecule has 4 aromatic rings. The van der Waals surface area contributed by atoms with Crippen LogP contribution in [0.25, 0.3) is 11.0 Å². The highest BCUT2D eigenvalue weighted by atomic mass is 32.1. The van der Waals surface area contributed by atoms with Gasteiger partial charge in [-0.05, 0) is 72.7 Å². The van der Waals surface area contributed by atoms with Gasteiger partial charge >= 0.3 is 0 Å². The molecule has 0 saturated heterocycles. The Morgan fingerprint density at radius 2 is 1.97 bits per heavy atom. The number of carbonyl (C=O) groups is 2. The van der Waals surface area contributed by atoms with Crippen molar-refractivity contribution in [1.82, 2.24) is 15.3 Å². The highest BCUT2D eigenvalue weighted by molar-refractivity contribution is 7.10. The average molecular weight is 417 g/mol. The molecule has 6 nitrogen and oxygen atoms in total. The van der Waals surface area contributed by atoms with Crippen LogP contribution in [0, 0.1) is 0 Å². The Kier molecular flexibility index (Phi) is 4.80. The number of rotatable bonds is 4. The molecule has 1 aliphatic rings. The molecule has 3 N–H and O–H groups in total. The molecular formula is C23H20N4O2S. The Hall–Kier alpha value is -3.45. The van der Waals surface area contributed by atoms with Gasteiger partial charge in [0.15, 0.2) is 0 Å². The van der Waals surface area contributed by atoms with Crippen molar-refractivity contribution >= 4 is 39.9 Å². The summed E-state index contributed by atoms with van der Waals surface area (Å²) in [6.45, 7) is 0. The standard InChI is InChI=1S/C23H20N4O2S/c28-22(15-7-8-19-20(12-15)25-13-24-19)26-16-4-1-3-14(11-16)23(29)27-18-5-2-6-21-17(18)9-10-30-21/h1,3-4,7-13,18H,2,5-6H2,(H,24,25)(H,26,28)(H,27,29). The van der Waals surface area contributed by atoms with Crippen LogP contribution >= 0.6 is 11.3 Å². The Balaban J connectivity index is 1.30. The summed E-state index contributed by atoms with van der Waals surface area (Å²) in [6, 6.07) is 14.5. The maximum atomic E-state index is 12.8. The van der Waals surface area contributed by atoms with E-state index in [2.05, 4.69) is 32.0 Å². The van der Waals surface area contributed by atoms with Gasteiger partial charge in [-0.15, -0.1) is 11.3 Å². The first-order valence-electron chi connectivity index (χ1n) is 9.89. The van der Waals surface area contributed by atoms with E-state index in [1.807, 2.05) is 0 Å². The predicted molar refractivity (Wildman–Crippen MR) is 118 cm³/mol. The molecule has 2 aromatic carbocycles. The minimum Gasteiger partial charge on any atom is -0.345 e. The highest BCUT2D eigenvalue weighted by Gasteiger charge is 2.23. The Morgan fingerprint density at radius 1 is 1.07 bits per heavy atom. The van der Waals surface area contributed by atoms with Gasteiger partial charge in [0.2, 0.25) is 0 Å². The van der Waals surface area contributed by atoms with Crippen molar-refractivity contribution in [2.24, 2.45) is 0 Å². The number of carbonyl (C=O) groups excluding carboxylic acids is 2. The number of aryl methyl sites for hydroxylation is 1. The first-order valence-corrected chi connectivity index (χ1v) is 10.8.